The average molecular weight is 230 g/mol. The first-order valence-electron chi connectivity index (χ1n) is 5.27. The number of hydrogen-bond acceptors (Lipinski definition) is 6. The van der Waals surface area contributed by atoms with Crippen LogP contribution < -0.4 is 0 Å². The molecule has 16 heavy (non-hydrogen) atoms. The van der Waals surface area contributed by atoms with Crippen LogP contribution in [0.3, 0.4) is 0 Å². The monoisotopic (exact) mass is 230 g/mol. The largest absolute Gasteiger partial charge is 0.387 e. The Labute approximate surface area is 92.4 Å². The van der Waals surface area contributed by atoms with Gasteiger partial charge in [0.05, 0.1) is 6.61 Å². The van der Waals surface area contributed by atoms with Crippen LogP contribution in [0.5, 0.6) is 0 Å². The lowest BCUT2D eigenvalue weighted by Crippen LogP contribution is -2.75. The summed E-state index contributed by atoms with van der Waals surface area (Å²) in [5, 5.41) is 19.8. The van der Waals surface area contributed by atoms with Crippen molar-refractivity contribution in [1.82, 2.24) is 0 Å². The summed E-state index contributed by atoms with van der Waals surface area (Å²) in [6.45, 7) is 3.07. The van der Waals surface area contributed by atoms with Crippen molar-refractivity contribution in [3.8, 4) is 0 Å². The highest BCUT2D eigenvalue weighted by Gasteiger charge is 2.61. The summed E-state index contributed by atoms with van der Waals surface area (Å²) >= 11 is 0. The smallest absolute Gasteiger partial charge is 0.272 e. The van der Waals surface area contributed by atoms with Crippen LogP contribution in [0, 0.1) is 0 Å². The van der Waals surface area contributed by atoms with Crippen LogP contribution in [-0.4, -0.2) is 59.9 Å². The topological polar surface area (TPSA) is 77.4 Å². The molecule has 7 atom stereocenters. The first-order chi connectivity index (χ1) is 7.72. The molecule has 90 valence electrons. The number of hydrogen-bond donors (Lipinski definition) is 2. The molecule has 0 aromatic rings. The minimum atomic E-state index is -0.888. The summed E-state index contributed by atoms with van der Waals surface area (Å²) in [5.74, 6) is 0. The molecule has 4 rings (SSSR count). The molecule has 0 radical (unpaired) electrons. The van der Waals surface area contributed by atoms with Gasteiger partial charge in [-0.05, 0) is 0 Å². The predicted octanol–water partition coefficient (Wildman–Crippen LogP) is -1.24. The van der Waals surface area contributed by atoms with Crippen LogP contribution in [0.1, 0.15) is 0 Å². The fourth-order valence-electron chi connectivity index (χ4n) is 2.48. The summed E-state index contributed by atoms with van der Waals surface area (Å²) in [7, 11) is 0. The zero-order chi connectivity index (χ0) is 11.3. The van der Waals surface area contributed by atoms with Crippen molar-refractivity contribution in [2.45, 2.75) is 43.1 Å². The van der Waals surface area contributed by atoms with Gasteiger partial charge in [0.15, 0.2) is 0 Å². The second kappa shape index (κ2) is 3.76. The van der Waals surface area contributed by atoms with Crippen LogP contribution in [0.4, 0.5) is 0 Å². The normalized spacial score (nSPS) is 54.2. The van der Waals surface area contributed by atoms with Crippen molar-refractivity contribution < 1.29 is 29.2 Å². The molecule has 0 aromatic carbocycles. The molecule has 1 saturated carbocycles. The summed E-state index contributed by atoms with van der Waals surface area (Å²) in [6, 6.07) is 0. The van der Waals surface area contributed by atoms with Crippen molar-refractivity contribution in [3.63, 3.8) is 0 Å². The van der Waals surface area contributed by atoms with Crippen molar-refractivity contribution in [2.75, 3.05) is 6.61 Å². The van der Waals surface area contributed by atoms with E-state index < -0.39 is 43.1 Å². The third-order valence-electron chi connectivity index (χ3n) is 3.21. The van der Waals surface area contributed by atoms with E-state index in [1.165, 1.54) is 0 Å². The van der Waals surface area contributed by atoms with Crippen molar-refractivity contribution in [3.05, 3.63) is 12.7 Å². The maximum absolute atomic E-state index is 9.90. The van der Waals surface area contributed by atoms with Crippen molar-refractivity contribution in [2.24, 2.45) is 0 Å². The molecule has 1 aliphatic carbocycles. The lowest BCUT2D eigenvalue weighted by atomic mass is 9.82. The van der Waals surface area contributed by atoms with E-state index in [-0.39, 0.29) is 0 Å². The Morgan fingerprint density at radius 2 is 1.62 bits per heavy atom. The molecule has 6 heteroatoms. The van der Waals surface area contributed by atoms with Crippen LogP contribution in [0.25, 0.3) is 0 Å². The van der Waals surface area contributed by atoms with Gasteiger partial charge in [-0.1, -0.05) is 6.08 Å². The minimum absolute atomic E-state index is 0.319. The standard InChI is InChI=1S/C10H14O6/c1-2-3-13-9-7-4(11)6-5(12)8(9)16-10(14-6)15-7/h2,4-12H,1,3H2/t4-,5-,6?,7-,8+,9?,10?/m0/s1. The highest BCUT2D eigenvalue weighted by molar-refractivity contribution is 5.06. The van der Waals surface area contributed by atoms with E-state index in [0.717, 1.165) is 0 Å². The Hall–Kier alpha value is -0.500. The first kappa shape index (κ1) is 10.6. The van der Waals surface area contributed by atoms with Gasteiger partial charge >= 0.3 is 0 Å². The quantitative estimate of drug-likeness (QED) is 0.590. The Kier molecular flexibility index (Phi) is 2.50. The zero-order valence-corrected chi connectivity index (χ0v) is 8.56. The van der Waals surface area contributed by atoms with Crippen LogP contribution in [0.2, 0.25) is 0 Å². The number of ether oxygens (including phenoxy) is 4. The molecule has 4 fully saturated rings. The first-order valence-corrected chi connectivity index (χ1v) is 5.27. The highest BCUT2D eigenvalue weighted by atomic mass is 16.9. The molecular weight excluding hydrogens is 216 g/mol. The van der Waals surface area contributed by atoms with Crippen molar-refractivity contribution in [1.29, 1.82) is 0 Å². The van der Waals surface area contributed by atoms with E-state index in [9.17, 15) is 10.2 Å². The molecule has 0 aromatic heterocycles. The van der Waals surface area contributed by atoms with Crippen LogP contribution in [0.15, 0.2) is 12.7 Å². The van der Waals surface area contributed by atoms with E-state index >= 15 is 0 Å². The predicted molar refractivity (Wildman–Crippen MR) is 50.4 cm³/mol. The van der Waals surface area contributed by atoms with Crippen LogP contribution >= 0.6 is 0 Å². The minimum Gasteiger partial charge on any atom is -0.387 e. The second-order valence-corrected chi connectivity index (χ2v) is 4.16. The highest BCUT2D eigenvalue weighted by Crippen LogP contribution is 2.40. The number of aliphatic hydroxyl groups is 2. The molecule has 3 heterocycles. The molecule has 6 nitrogen and oxygen atoms in total. The lowest BCUT2D eigenvalue weighted by Gasteiger charge is -2.56. The third kappa shape index (κ3) is 1.35. The molecule has 3 unspecified atom stereocenters. The van der Waals surface area contributed by atoms with Gasteiger partial charge in [0.1, 0.15) is 36.6 Å². The molecule has 2 N–H and O–H groups in total. The van der Waals surface area contributed by atoms with E-state index in [1.807, 2.05) is 0 Å². The van der Waals surface area contributed by atoms with Gasteiger partial charge in [-0.25, -0.2) is 0 Å². The van der Waals surface area contributed by atoms with Gasteiger partial charge < -0.3 is 29.2 Å². The molecule has 4 bridgehead atoms. The van der Waals surface area contributed by atoms with Gasteiger partial charge in [-0.15, -0.1) is 6.58 Å². The fraction of sp³-hybridized carbons (Fsp3) is 0.800. The Morgan fingerprint density at radius 1 is 1.06 bits per heavy atom. The van der Waals surface area contributed by atoms with E-state index in [1.54, 1.807) is 6.08 Å². The molecule has 0 spiro atoms. The fourth-order valence-corrected chi connectivity index (χ4v) is 2.48. The number of rotatable bonds is 3. The molecule has 0 amide bonds. The SMILES string of the molecule is C=CCOC1[C@H]2OC3OC([C@@H]2O)[C@H](O)[C@H]1O3. The van der Waals surface area contributed by atoms with E-state index in [2.05, 4.69) is 6.58 Å². The van der Waals surface area contributed by atoms with Gasteiger partial charge in [-0.3, -0.25) is 0 Å². The summed E-state index contributed by atoms with van der Waals surface area (Å²) in [4.78, 5) is 0. The zero-order valence-electron chi connectivity index (χ0n) is 8.56. The molecular formula is C10H14O6. The number of aliphatic hydroxyl groups excluding tert-OH is 2. The summed E-state index contributed by atoms with van der Waals surface area (Å²) < 4.78 is 21.3. The summed E-state index contributed by atoms with van der Waals surface area (Å²) in [6.07, 6.45) is -2.33. The Balaban J connectivity index is 1.82. The summed E-state index contributed by atoms with van der Waals surface area (Å²) in [5.41, 5.74) is 0. The van der Waals surface area contributed by atoms with Gasteiger partial charge in [0.2, 0.25) is 0 Å². The molecule has 3 aliphatic heterocycles. The van der Waals surface area contributed by atoms with E-state index in [0.29, 0.717) is 6.61 Å². The van der Waals surface area contributed by atoms with Gasteiger partial charge in [0.25, 0.3) is 6.48 Å². The maximum atomic E-state index is 9.90. The van der Waals surface area contributed by atoms with Crippen molar-refractivity contribution >= 4 is 0 Å². The molecule has 3 saturated heterocycles. The second-order valence-electron chi connectivity index (χ2n) is 4.16. The molecule has 4 aliphatic rings. The van der Waals surface area contributed by atoms with Gasteiger partial charge in [-0.2, -0.15) is 0 Å². The maximum Gasteiger partial charge on any atom is 0.272 e. The van der Waals surface area contributed by atoms with Gasteiger partial charge in [0, 0.05) is 0 Å². The Morgan fingerprint density at radius 3 is 2.19 bits per heavy atom. The van der Waals surface area contributed by atoms with Crippen LogP contribution in [-0.2, 0) is 18.9 Å². The lowest BCUT2D eigenvalue weighted by molar-refractivity contribution is -0.483. The third-order valence-corrected chi connectivity index (χ3v) is 3.21. The average Bonchev–Trinajstić information content (AvgIpc) is 2.29. The van der Waals surface area contributed by atoms with E-state index in [4.69, 9.17) is 18.9 Å². The Bertz CT molecular complexity index is 275.